The van der Waals surface area contributed by atoms with Gasteiger partial charge in [-0.3, -0.25) is 4.55 Å². The van der Waals surface area contributed by atoms with Gasteiger partial charge in [-0.05, 0) is 29.3 Å². The molecule has 9 nitrogen and oxygen atoms in total. The summed E-state index contributed by atoms with van der Waals surface area (Å²) in [6.07, 6.45) is 4.75. The molecule has 10 heteroatoms. The zero-order valence-electron chi connectivity index (χ0n) is 17.2. The maximum absolute atomic E-state index is 9.19. The summed E-state index contributed by atoms with van der Waals surface area (Å²) in [5.41, 5.74) is 9.69. The van der Waals surface area contributed by atoms with Gasteiger partial charge in [0.2, 0.25) is 5.88 Å². The third-order valence-electron chi connectivity index (χ3n) is 4.10. The lowest BCUT2D eigenvalue weighted by Crippen LogP contribution is -1.97. The number of rotatable bonds is 6. The Morgan fingerprint density at radius 2 is 1.69 bits per heavy atom. The quantitative estimate of drug-likeness (QED) is 0.419. The summed E-state index contributed by atoms with van der Waals surface area (Å²) in [6, 6.07) is 19.4. The first-order chi connectivity index (χ1) is 15.3. The molecule has 0 aliphatic rings. The minimum absolute atomic E-state index is 0.428. The van der Waals surface area contributed by atoms with E-state index in [9.17, 15) is 8.42 Å². The van der Waals surface area contributed by atoms with Crippen molar-refractivity contribution in [3.05, 3.63) is 89.9 Å². The van der Waals surface area contributed by atoms with Crippen molar-refractivity contribution in [2.45, 2.75) is 13.0 Å². The lowest BCUT2D eigenvalue weighted by molar-refractivity contribution is 0.294. The normalized spacial score (nSPS) is 10.8. The van der Waals surface area contributed by atoms with Crippen LogP contribution in [0.5, 0.6) is 5.88 Å². The van der Waals surface area contributed by atoms with E-state index in [1.807, 2.05) is 48.5 Å². The van der Waals surface area contributed by atoms with Crippen LogP contribution in [0.25, 0.3) is 11.3 Å². The fourth-order valence-electron chi connectivity index (χ4n) is 2.70. The van der Waals surface area contributed by atoms with Crippen molar-refractivity contribution in [2.24, 2.45) is 0 Å². The van der Waals surface area contributed by atoms with Gasteiger partial charge in [0.25, 0.3) is 10.1 Å². The fraction of sp³-hybridized carbons (Fsp3) is 0.136. The SMILES string of the molecule is CS(=O)(=O)O.Nc1ncccc1-c1cc(Cc2ccc(COc3ccccn3)cc2)no1. The topological polar surface area (TPSA) is 141 Å². The van der Waals surface area contributed by atoms with Crippen LogP contribution < -0.4 is 10.5 Å². The van der Waals surface area contributed by atoms with E-state index in [1.54, 1.807) is 12.4 Å². The molecule has 0 bridgehead atoms. The monoisotopic (exact) mass is 454 g/mol. The molecule has 3 N–H and O–H groups in total. The van der Waals surface area contributed by atoms with Crippen LogP contribution in [0.3, 0.4) is 0 Å². The third kappa shape index (κ3) is 7.49. The first-order valence-corrected chi connectivity index (χ1v) is 11.3. The average molecular weight is 455 g/mol. The van der Waals surface area contributed by atoms with Crippen molar-refractivity contribution < 1.29 is 22.2 Å². The molecule has 4 aromatic rings. The highest BCUT2D eigenvalue weighted by molar-refractivity contribution is 7.85. The van der Waals surface area contributed by atoms with Crippen LogP contribution in [-0.2, 0) is 23.1 Å². The van der Waals surface area contributed by atoms with Gasteiger partial charge >= 0.3 is 0 Å². The van der Waals surface area contributed by atoms with Crippen molar-refractivity contribution in [2.75, 3.05) is 12.0 Å². The molecule has 0 amide bonds. The first kappa shape index (κ1) is 22.9. The van der Waals surface area contributed by atoms with Gasteiger partial charge in [-0.2, -0.15) is 8.42 Å². The predicted molar refractivity (Wildman–Crippen MR) is 119 cm³/mol. The summed E-state index contributed by atoms with van der Waals surface area (Å²) in [4.78, 5) is 8.22. The molecule has 3 aromatic heterocycles. The summed E-state index contributed by atoms with van der Waals surface area (Å²) in [6.45, 7) is 0.478. The van der Waals surface area contributed by atoms with Crippen molar-refractivity contribution in [3.8, 4) is 17.2 Å². The second-order valence-electron chi connectivity index (χ2n) is 6.80. The summed E-state index contributed by atoms with van der Waals surface area (Å²) < 4.78 is 36.9. The number of pyridine rings is 2. The number of aromatic nitrogens is 3. The summed E-state index contributed by atoms with van der Waals surface area (Å²) >= 11 is 0. The van der Waals surface area contributed by atoms with Gasteiger partial charge in [0.15, 0.2) is 5.76 Å². The Labute approximate surface area is 185 Å². The molecular formula is C22H22N4O5S. The minimum Gasteiger partial charge on any atom is -0.473 e. The van der Waals surface area contributed by atoms with Gasteiger partial charge in [-0.1, -0.05) is 35.5 Å². The van der Waals surface area contributed by atoms with Crippen LogP contribution in [0.15, 0.2) is 77.6 Å². The number of nitrogens with zero attached hydrogens (tertiary/aromatic N) is 3. The van der Waals surface area contributed by atoms with Gasteiger partial charge in [-0.15, -0.1) is 0 Å². The minimum atomic E-state index is -3.67. The average Bonchev–Trinajstić information content (AvgIpc) is 3.21. The van der Waals surface area contributed by atoms with Crippen molar-refractivity contribution in [1.29, 1.82) is 0 Å². The van der Waals surface area contributed by atoms with E-state index in [2.05, 4.69) is 27.3 Å². The molecule has 1 aromatic carbocycles. The Morgan fingerprint density at radius 3 is 2.34 bits per heavy atom. The van der Waals surface area contributed by atoms with E-state index in [1.165, 1.54) is 0 Å². The highest BCUT2D eigenvalue weighted by Gasteiger charge is 2.10. The summed E-state index contributed by atoms with van der Waals surface area (Å²) in [5.74, 6) is 1.67. The molecular weight excluding hydrogens is 432 g/mol. The van der Waals surface area contributed by atoms with Gasteiger partial charge in [-0.25, -0.2) is 9.97 Å². The molecule has 4 rings (SSSR count). The van der Waals surface area contributed by atoms with Crippen LogP contribution in [0.2, 0.25) is 0 Å². The maximum atomic E-state index is 9.19. The molecule has 0 aliphatic carbocycles. The predicted octanol–water partition coefficient (Wildman–Crippen LogP) is 3.39. The second kappa shape index (κ2) is 10.5. The van der Waals surface area contributed by atoms with Gasteiger partial charge in [0.05, 0.1) is 17.5 Å². The zero-order valence-corrected chi connectivity index (χ0v) is 18.1. The summed E-state index contributed by atoms with van der Waals surface area (Å²) in [7, 11) is -3.67. The molecule has 3 heterocycles. The highest BCUT2D eigenvalue weighted by Crippen LogP contribution is 2.25. The van der Waals surface area contributed by atoms with E-state index < -0.39 is 10.1 Å². The van der Waals surface area contributed by atoms with Crippen LogP contribution in [-0.4, -0.2) is 34.4 Å². The van der Waals surface area contributed by atoms with E-state index in [4.69, 9.17) is 19.5 Å². The van der Waals surface area contributed by atoms with Gasteiger partial charge < -0.3 is 15.0 Å². The number of anilines is 1. The molecule has 0 aliphatic heterocycles. The number of nitrogen functional groups attached to an aromatic ring is 1. The molecule has 0 saturated carbocycles. The standard InChI is InChI=1S/C21H18N4O2.CH4O3S/c22-21-18(4-3-11-24-21)19-13-17(25-27-19)12-15-6-8-16(9-7-15)14-26-20-5-1-2-10-23-20;1-5(2,3)4/h1-11,13H,12,14H2,(H2,22,24);1H3,(H,2,3,4). The number of ether oxygens (including phenoxy) is 1. The van der Waals surface area contributed by atoms with E-state index in [-0.39, 0.29) is 0 Å². The van der Waals surface area contributed by atoms with Crippen molar-refractivity contribution >= 4 is 15.9 Å². The molecule has 0 saturated heterocycles. The smallest absolute Gasteiger partial charge is 0.261 e. The molecule has 0 unspecified atom stereocenters. The Bertz CT molecular complexity index is 1230. The van der Waals surface area contributed by atoms with Crippen LogP contribution in [0.4, 0.5) is 5.82 Å². The Hall–Kier alpha value is -3.76. The number of nitrogens with two attached hydrogens (primary N) is 1. The van der Waals surface area contributed by atoms with Crippen LogP contribution >= 0.6 is 0 Å². The molecule has 0 spiro atoms. The lowest BCUT2D eigenvalue weighted by atomic mass is 10.1. The van der Waals surface area contributed by atoms with Crippen LogP contribution in [0.1, 0.15) is 16.8 Å². The molecule has 32 heavy (non-hydrogen) atoms. The number of hydrogen-bond acceptors (Lipinski definition) is 8. The summed E-state index contributed by atoms with van der Waals surface area (Å²) in [5, 5.41) is 4.14. The highest BCUT2D eigenvalue weighted by atomic mass is 32.2. The molecule has 0 fully saturated rings. The molecule has 166 valence electrons. The van der Waals surface area contributed by atoms with E-state index >= 15 is 0 Å². The van der Waals surface area contributed by atoms with E-state index in [0.717, 1.165) is 22.4 Å². The van der Waals surface area contributed by atoms with Crippen LogP contribution in [0, 0.1) is 0 Å². The Balaban J connectivity index is 0.000000523. The first-order valence-electron chi connectivity index (χ1n) is 9.48. The van der Waals surface area contributed by atoms with E-state index in [0.29, 0.717) is 36.7 Å². The Morgan fingerprint density at radius 1 is 1.00 bits per heavy atom. The second-order valence-corrected chi connectivity index (χ2v) is 8.27. The van der Waals surface area contributed by atoms with Gasteiger partial charge in [0, 0.05) is 30.9 Å². The molecule has 0 radical (unpaired) electrons. The van der Waals surface area contributed by atoms with Crippen molar-refractivity contribution in [3.63, 3.8) is 0 Å². The maximum Gasteiger partial charge on any atom is 0.261 e. The largest absolute Gasteiger partial charge is 0.473 e. The molecule has 0 atom stereocenters. The Kier molecular flexibility index (Phi) is 7.53. The number of benzene rings is 1. The number of hydrogen-bond donors (Lipinski definition) is 2. The van der Waals surface area contributed by atoms with Crippen molar-refractivity contribution in [1.82, 2.24) is 15.1 Å². The lowest BCUT2D eigenvalue weighted by Gasteiger charge is -2.05. The van der Waals surface area contributed by atoms with Gasteiger partial charge in [0.1, 0.15) is 12.4 Å². The third-order valence-corrected chi connectivity index (χ3v) is 4.10. The zero-order chi connectivity index (χ0) is 23.0. The fourth-order valence-corrected chi connectivity index (χ4v) is 2.70.